The summed E-state index contributed by atoms with van der Waals surface area (Å²) in [6.45, 7) is 1.53. The number of rotatable bonds is 4. The summed E-state index contributed by atoms with van der Waals surface area (Å²) in [5.41, 5.74) is 1.18. The minimum absolute atomic E-state index is 0.151. The molecular weight excluding hydrogens is 262 g/mol. The Kier molecular flexibility index (Phi) is 4.13. The number of halogens is 2. The van der Waals surface area contributed by atoms with Gasteiger partial charge in [-0.2, -0.15) is 0 Å². The van der Waals surface area contributed by atoms with E-state index >= 15 is 0 Å². The molecule has 0 aliphatic heterocycles. The second kappa shape index (κ2) is 5.82. The second-order valence-corrected chi connectivity index (χ2v) is 4.75. The van der Waals surface area contributed by atoms with E-state index in [0.717, 1.165) is 6.07 Å². The Morgan fingerprint density at radius 2 is 1.85 bits per heavy atom. The summed E-state index contributed by atoms with van der Waals surface area (Å²) >= 11 is 0. The van der Waals surface area contributed by atoms with Crippen LogP contribution in [0.5, 0.6) is 0 Å². The van der Waals surface area contributed by atoms with Crippen molar-refractivity contribution < 1.29 is 18.7 Å². The maximum absolute atomic E-state index is 13.9. The number of carboxylic acid groups (broad SMARTS) is 1. The number of carboxylic acids is 1. The maximum atomic E-state index is 13.9. The van der Waals surface area contributed by atoms with Gasteiger partial charge in [-0.15, -0.1) is 0 Å². The van der Waals surface area contributed by atoms with Crippen LogP contribution < -0.4 is 0 Å². The third-order valence-electron chi connectivity index (χ3n) is 3.14. The van der Waals surface area contributed by atoms with Crippen molar-refractivity contribution in [3.63, 3.8) is 0 Å². The van der Waals surface area contributed by atoms with Crippen LogP contribution in [-0.4, -0.2) is 11.1 Å². The normalized spacial score (nSPS) is 12.2. The highest BCUT2D eigenvalue weighted by molar-refractivity contribution is 5.70. The van der Waals surface area contributed by atoms with E-state index in [1.807, 2.05) is 0 Å². The number of benzene rings is 2. The summed E-state index contributed by atoms with van der Waals surface area (Å²) in [5, 5.41) is 8.89. The van der Waals surface area contributed by atoms with Crippen LogP contribution in [0.2, 0.25) is 0 Å². The Hall–Kier alpha value is -2.23. The molecule has 0 radical (unpaired) electrons. The summed E-state index contributed by atoms with van der Waals surface area (Å²) in [6.07, 6.45) is 0.159. The number of hydrogen-bond donors (Lipinski definition) is 1. The molecule has 0 bridgehead atoms. The number of carbonyl (C=O) groups is 1. The molecule has 2 nitrogen and oxygen atoms in total. The fraction of sp³-hybridized carbons (Fsp3) is 0.188. The number of hydrogen-bond acceptors (Lipinski definition) is 1. The van der Waals surface area contributed by atoms with Crippen LogP contribution in [0.25, 0.3) is 11.1 Å². The van der Waals surface area contributed by atoms with Gasteiger partial charge in [0.1, 0.15) is 0 Å². The third-order valence-corrected chi connectivity index (χ3v) is 3.14. The monoisotopic (exact) mass is 276 g/mol. The van der Waals surface area contributed by atoms with Gasteiger partial charge in [-0.05, 0) is 29.7 Å². The average molecular weight is 276 g/mol. The molecule has 0 aliphatic rings. The fourth-order valence-corrected chi connectivity index (χ4v) is 2.03. The molecule has 0 aliphatic carbocycles. The lowest BCUT2D eigenvalue weighted by molar-refractivity contribution is -0.141. The van der Waals surface area contributed by atoms with Gasteiger partial charge in [0.2, 0.25) is 0 Å². The predicted octanol–water partition coefficient (Wildman–Crippen LogP) is 3.90. The summed E-state index contributed by atoms with van der Waals surface area (Å²) in [6, 6.07) is 11.2. The lowest BCUT2D eigenvalue weighted by Crippen LogP contribution is -2.12. The van der Waals surface area contributed by atoms with E-state index in [2.05, 4.69) is 0 Å². The first-order valence-electron chi connectivity index (χ1n) is 6.25. The standard InChI is InChI=1S/C16H14F2O2/c1-10(16(19)20)7-11-8-13(15(18)14(17)9-11)12-5-3-2-4-6-12/h2-6,8-10H,7H2,1H3,(H,19,20). The van der Waals surface area contributed by atoms with Gasteiger partial charge >= 0.3 is 5.97 Å². The van der Waals surface area contributed by atoms with Gasteiger partial charge in [-0.25, -0.2) is 8.78 Å². The zero-order valence-corrected chi connectivity index (χ0v) is 10.9. The molecular formula is C16H14F2O2. The third kappa shape index (κ3) is 3.02. The summed E-state index contributed by atoms with van der Waals surface area (Å²) < 4.78 is 27.5. The van der Waals surface area contributed by atoms with Crippen LogP contribution in [0.1, 0.15) is 12.5 Å². The van der Waals surface area contributed by atoms with E-state index < -0.39 is 23.5 Å². The van der Waals surface area contributed by atoms with E-state index in [4.69, 9.17) is 5.11 Å². The van der Waals surface area contributed by atoms with Crippen LogP contribution in [0.3, 0.4) is 0 Å². The van der Waals surface area contributed by atoms with Gasteiger partial charge in [0.25, 0.3) is 0 Å². The van der Waals surface area contributed by atoms with Gasteiger partial charge in [-0.3, -0.25) is 4.79 Å². The lowest BCUT2D eigenvalue weighted by atomic mass is 9.96. The molecule has 0 amide bonds. The Bertz CT molecular complexity index is 624. The highest BCUT2D eigenvalue weighted by atomic mass is 19.2. The molecule has 1 unspecified atom stereocenters. The van der Waals surface area contributed by atoms with Gasteiger partial charge in [0.15, 0.2) is 11.6 Å². The fourth-order valence-electron chi connectivity index (χ4n) is 2.03. The highest BCUT2D eigenvalue weighted by Gasteiger charge is 2.16. The topological polar surface area (TPSA) is 37.3 Å². The molecule has 0 saturated heterocycles. The van der Waals surface area contributed by atoms with E-state index in [1.54, 1.807) is 30.3 Å². The first-order valence-corrected chi connectivity index (χ1v) is 6.25. The predicted molar refractivity (Wildman–Crippen MR) is 72.3 cm³/mol. The minimum Gasteiger partial charge on any atom is -0.481 e. The molecule has 0 spiro atoms. The second-order valence-electron chi connectivity index (χ2n) is 4.75. The van der Waals surface area contributed by atoms with Crippen molar-refractivity contribution in [1.29, 1.82) is 0 Å². The molecule has 1 atom stereocenters. The van der Waals surface area contributed by atoms with Gasteiger partial charge in [-0.1, -0.05) is 37.3 Å². The zero-order valence-electron chi connectivity index (χ0n) is 10.9. The van der Waals surface area contributed by atoms with Crippen molar-refractivity contribution in [1.82, 2.24) is 0 Å². The summed E-state index contributed by atoms with van der Waals surface area (Å²) in [5.74, 6) is -3.48. The van der Waals surface area contributed by atoms with Gasteiger partial charge < -0.3 is 5.11 Å². The van der Waals surface area contributed by atoms with Crippen LogP contribution in [0, 0.1) is 17.6 Å². The molecule has 0 fully saturated rings. The van der Waals surface area contributed by atoms with Crippen LogP contribution in [0.15, 0.2) is 42.5 Å². The molecule has 4 heteroatoms. The molecule has 0 saturated carbocycles. The molecule has 2 aromatic rings. The van der Waals surface area contributed by atoms with Gasteiger partial charge in [0, 0.05) is 5.56 Å². The average Bonchev–Trinajstić information content (AvgIpc) is 2.43. The molecule has 0 heterocycles. The Labute approximate surface area is 115 Å². The van der Waals surface area contributed by atoms with E-state index in [1.165, 1.54) is 13.0 Å². The Morgan fingerprint density at radius 1 is 1.20 bits per heavy atom. The van der Waals surface area contributed by atoms with E-state index in [9.17, 15) is 13.6 Å². The minimum atomic E-state index is -0.962. The number of aliphatic carboxylic acids is 1. The molecule has 20 heavy (non-hydrogen) atoms. The van der Waals surface area contributed by atoms with Crippen LogP contribution in [0.4, 0.5) is 8.78 Å². The van der Waals surface area contributed by atoms with Crippen molar-refractivity contribution in [3.8, 4) is 11.1 Å². The van der Waals surface area contributed by atoms with Crippen molar-refractivity contribution in [2.45, 2.75) is 13.3 Å². The molecule has 2 rings (SSSR count). The molecule has 104 valence electrons. The van der Waals surface area contributed by atoms with Crippen molar-refractivity contribution in [2.24, 2.45) is 5.92 Å². The largest absolute Gasteiger partial charge is 0.481 e. The van der Waals surface area contributed by atoms with Crippen molar-refractivity contribution in [2.75, 3.05) is 0 Å². The summed E-state index contributed by atoms with van der Waals surface area (Å²) in [4.78, 5) is 10.8. The van der Waals surface area contributed by atoms with Crippen molar-refractivity contribution >= 4 is 5.97 Å². The van der Waals surface area contributed by atoms with E-state index in [0.29, 0.717) is 11.1 Å². The smallest absolute Gasteiger partial charge is 0.306 e. The SMILES string of the molecule is CC(Cc1cc(F)c(F)c(-c2ccccc2)c1)C(=O)O. The maximum Gasteiger partial charge on any atom is 0.306 e. The Balaban J connectivity index is 2.43. The van der Waals surface area contributed by atoms with Gasteiger partial charge in [0.05, 0.1) is 5.92 Å². The molecule has 0 aromatic heterocycles. The first-order chi connectivity index (χ1) is 9.49. The summed E-state index contributed by atoms with van der Waals surface area (Å²) in [7, 11) is 0. The first kappa shape index (κ1) is 14.2. The van der Waals surface area contributed by atoms with Crippen LogP contribution in [-0.2, 0) is 11.2 Å². The quantitative estimate of drug-likeness (QED) is 0.919. The lowest BCUT2D eigenvalue weighted by Gasteiger charge is -2.10. The zero-order chi connectivity index (χ0) is 14.7. The molecule has 2 aromatic carbocycles. The highest BCUT2D eigenvalue weighted by Crippen LogP contribution is 2.27. The molecule has 1 N–H and O–H groups in total. The van der Waals surface area contributed by atoms with E-state index in [-0.39, 0.29) is 12.0 Å². The Morgan fingerprint density at radius 3 is 2.45 bits per heavy atom. The van der Waals surface area contributed by atoms with Crippen molar-refractivity contribution in [3.05, 3.63) is 59.7 Å². The van der Waals surface area contributed by atoms with Crippen LogP contribution >= 0.6 is 0 Å².